The molecule has 0 spiro atoms. The Hall–Kier alpha value is -3.43. The van der Waals surface area contributed by atoms with Gasteiger partial charge in [-0.25, -0.2) is 12.8 Å². The Kier molecular flexibility index (Phi) is 9.81. The molecule has 1 atom stereocenters. The van der Waals surface area contributed by atoms with Gasteiger partial charge < -0.3 is 10.2 Å². The number of carbonyl (C=O) groups excluding carboxylic acids is 2. The molecule has 0 heterocycles. The SMILES string of the molecule is CS(=O)(=O)N(CC(=O)N(Cc1ccccc1Cl)[C@H](Cc1ccccc1)C(=O)NC1CCCC1)c1ccc(F)cc1. The van der Waals surface area contributed by atoms with E-state index in [2.05, 4.69) is 5.32 Å². The summed E-state index contributed by atoms with van der Waals surface area (Å²) in [5, 5.41) is 3.54. The summed E-state index contributed by atoms with van der Waals surface area (Å²) in [6, 6.07) is 20.4. The average molecular weight is 586 g/mol. The van der Waals surface area contributed by atoms with Gasteiger partial charge in [0.1, 0.15) is 18.4 Å². The molecule has 7 nitrogen and oxygen atoms in total. The Balaban J connectivity index is 1.72. The van der Waals surface area contributed by atoms with E-state index in [0.29, 0.717) is 10.6 Å². The molecule has 0 bridgehead atoms. The predicted octanol–water partition coefficient (Wildman–Crippen LogP) is 4.94. The summed E-state index contributed by atoms with van der Waals surface area (Å²) in [6.07, 6.45) is 5.00. The van der Waals surface area contributed by atoms with Gasteiger partial charge in [0.25, 0.3) is 0 Å². The van der Waals surface area contributed by atoms with Crippen LogP contribution in [0, 0.1) is 5.82 Å². The summed E-state index contributed by atoms with van der Waals surface area (Å²) < 4.78 is 40.1. The van der Waals surface area contributed by atoms with E-state index in [1.807, 2.05) is 30.3 Å². The van der Waals surface area contributed by atoms with Crippen LogP contribution in [0.5, 0.6) is 0 Å². The van der Waals surface area contributed by atoms with Crippen molar-refractivity contribution >= 4 is 39.1 Å². The molecule has 1 saturated carbocycles. The van der Waals surface area contributed by atoms with E-state index in [1.165, 1.54) is 17.0 Å². The summed E-state index contributed by atoms with van der Waals surface area (Å²) in [5.74, 6) is -1.42. The van der Waals surface area contributed by atoms with Crippen LogP contribution in [0.15, 0.2) is 78.9 Å². The van der Waals surface area contributed by atoms with Crippen LogP contribution in [0.3, 0.4) is 0 Å². The van der Waals surface area contributed by atoms with Crippen molar-refractivity contribution in [2.45, 2.75) is 50.7 Å². The Labute approximate surface area is 240 Å². The van der Waals surface area contributed by atoms with Crippen LogP contribution in [-0.2, 0) is 32.6 Å². The zero-order valence-corrected chi connectivity index (χ0v) is 23.9. The van der Waals surface area contributed by atoms with Crippen molar-refractivity contribution in [3.05, 3.63) is 101 Å². The number of amides is 2. The summed E-state index contributed by atoms with van der Waals surface area (Å²) in [4.78, 5) is 29.3. The van der Waals surface area contributed by atoms with E-state index in [-0.39, 0.29) is 30.6 Å². The van der Waals surface area contributed by atoms with Crippen LogP contribution >= 0.6 is 11.6 Å². The molecule has 1 aliphatic carbocycles. The molecule has 1 N–H and O–H groups in total. The Bertz CT molecular complexity index is 1410. The third kappa shape index (κ3) is 7.82. The zero-order valence-electron chi connectivity index (χ0n) is 22.3. The molecular weight excluding hydrogens is 553 g/mol. The van der Waals surface area contributed by atoms with Crippen molar-refractivity contribution in [3.8, 4) is 0 Å². The molecule has 40 heavy (non-hydrogen) atoms. The van der Waals surface area contributed by atoms with Crippen molar-refractivity contribution in [2.75, 3.05) is 17.1 Å². The second-order valence-electron chi connectivity index (χ2n) is 10.1. The fraction of sp³-hybridized carbons (Fsp3) is 0.333. The van der Waals surface area contributed by atoms with Gasteiger partial charge in [0.2, 0.25) is 21.8 Å². The molecule has 3 aromatic carbocycles. The standard InChI is InChI=1S/C30H33ClFN3O4S/c1-40(38,39)35(26-17-15-24(32)16-18-26)21-29(36)34(20-23-11-5-8-14-27(23)31)28(19-22-9-3-2-4-10-22)30(37)33-25-12-6-7-13-25/h2-5,8-11,14-18,25,28H,6-7,12-13,19-21H2,1H3,(H,33,37)/t28-/m1/s1. The van der Waals surface area contributed by atoms with E-state index < -0.39 is 34.3 Å². The molecular formula is C30H33ClFN3O4S. The first-order valence-electron chi connectivity index (χ1n) is 13.2. The Morgan fingerprint density at radius 1 is 0.975 bits per heavy atom. The van der Waals surface area contributed by atoms with Crippen molar-refractivity contribution in [1.82, 2.24) is 10.2 Å². The van der Waals surface area contributed by atoms with E-state index in [9.17, 15) is 22.4 Å². The van der Waals surface area contributed by atoms with Gasteiger partial charge in [-0.3, -0.25) is 13.9 Å². The lowest BCUT2D eigenvalue weighted by Crippen LogP contribution is -2.54. The minimum absolute atomic E-state index is 0.00485. The van der Waals surface area contributed by atoms with Crippen LogP contribution in [-0.4, -0.2) is 50.0 Å². The van der Waals surface area contributed by atoms with E-state index in [1.54, 1.807) is 24.3 Å². The second kappa shape index (κ2) is 13.3. The van der Waals surface area contributed by atoms with Gasteiger partial charge in [-0.15, -0.1) is 0 Å². The number of rotatable bonds is 11. The van der Waals surface area contributed by atoms with E-state index >= 15 is 0 Å². The topological polar surface area (TPSA) is 86.8 Å². The van der Waals surface area contributed by atoms with Gasteiger partial charge in [-0.1, -0.05) is 73.0 Å². The number of benzene rings is 3. The van der Waals surface area contributed by atoms with Crippen LogP contribution < -0.4 is 9.62 Å². The monoisotopic (exact) mass is 585 g/mol. The Morgan fingerprint density at radius 3 is 2.23 bits per heavy atom. The minimum atomic E-state index is -3.93. The molecule has 0 unspecified atom stereocenters. The molecule has 0 aliphatic heterocycles. The number of anilines is 1. The highest BCUT2D eigenvalue weighted by molar-refractivity contribution is 7.92. The molecule has 2 amide bonds. The minimum Gasteiger partial charge on any atom is -0.352 e. The fourth-order valence-corrected chi connectivity index (χ4v) is 6.00. The average Bonchev–Trinajstić information content (AvgIpc) is 3.44. The normalized spacial score (nSPS) is 14.5. The largest absolute Gasteiger partial charge is 0.352 e. The van der Waals surface area contributed by atoms with Crippen LogP contribution in [0.2, 0.25) is 5.02 Å². The van der Waals surface area contributed by atoms with Crippen molar-refractivity contribution in [3.63, 3.8) is 0 Å². The molecule has 4 rings (SSSR count). The molecule has 10 heteroatoms. The summed E-state index contributed by atoms with van der Waals surface area (Å²) in [5.41, 5.74) is 1.62. The van der Waals surface area contributed by atoms with Gasteiger partial charge in [0.15, 0.2) is 0 Å². The van der Waals surface area contributed by atoms with Crippen LogP contribution in [0.25, 0.3) is 0 Å². The van der Waals surface area contributed by atoms with Gasteiger partial charge in [0, 0.05) is 24.0 Å². The number of sulfonamides is 1. The first kappa shape index (κ1) is 29.6. The quantitative estimate of drug-likeness (QED) is 0.345. The number of halogens is 2. The lowest BCUT2D eigenvalue weighted by atomic mass is 10.0. The number of carbonyl (C=O) groups is 2. The van der Waals surface area contributed by atoms with Gasteiger partial charge in [-0.05, 0) is 54.3 Å². The zero-order chi connectivity index (χ0) is 28.7. The highest BCUT2D eigenvalue weighted by Crippen LogP contribution is 2.24. The maximum absolute atomic E-state index is 14.1. The highest BCUT2D eigenvalue weighted by atomic mass is 35.5. The van der Waals surface area contributed by atoms with Crippen molar-refractivity contribution in [2.24, 2.45) is 0 Å². The lowest BCUT2D eigenvalue weighted by molar-refractivity contribution is -0.140. The number of hydrogen-bond donors (Lipinski definition) is 1. The molecule has 1 aliphatic rings. The van der Waals surface area contributed by atoms with Gasteiger partial charge in [-0.2, -0.15) is 0 Å². The molecule has 1 fully saturated rings. The predicted molar refractivity (Wildman–Crippen MR) is 155 cm³/mol. The van der Waals surface area contributed by atoms with Gasteiger partial charge >= 0.3 is 0 Å². The molecule has 3 aromatic rings. The van der Waals surface area contributed by atoms with Crippen LogP contribution in [0.4, 0.5) is 10.1 Å². The van der Waals surface area contributed by atoms with Crippen molar-refractivity contribution in [1.29, 1.82) is 0 Å². The number of nitrogens with zero attached hydrogens (tertiary/aromatic N) is 2. The van der Waals surface area contributed by atoms with Gasteiger partial charge in [0.05, 0.1) is 11.9 Å². The Morgan fingerprint density at radius 2 is 1.60 bits per heavy atom. The fourth-order valence-electron chi connectivity index (χ4n) is 4.95. The molecule has 0 aromatic heterocycles. The third-order valence-corrected chi connectivity index (χ3v) is 8.57. The first-order valence-corrected chi connectivity index (χ1v) is 15.4. The maximum Gasteiger partial charge on any atom is 0.244 e. The molecule has 0 saturated heterocycles. The van der Waals surface area contributed by atoms with E-state index in [4.69, 9.17) is 11.6 Å². The number of hydrogen-bond acceptors (Lipinski definition) is 4. The second-order valence-corrected chi connectivity index (χ2v) is 12.4. The highest BCUT2D eigenvalue weighted by Gasteiger charge is 2.34. The summed E-state index contributed by atoms with van der Waals surface area (Å²) >= 11 is 6.46. The van der Waals surface area contributed by atoms with E-state index in [0.717, 1.165) is 53.9 Å². The third-order valence-electron chi connectivity index (χ3n) is 7.06. The smallest absolute Gasteiger partial charge is 0.244 e. The number of nitrogens with one attached hydrogen (secondary N) is 1. The summed E-state index contributed by atoms with van der Waals surface area (Å²) in [6.45, 7) is -0.577. The first-order chi connectivity index (χ1) is 19.1. The maximum atomic E-state index is 14.1. The van der Waals surface area contributed by atoms with Crippen molar-refractivity contribution < 1.29 is 22.4 Å². The molecule has 212 valence electrons. The molecule has 0 radical (unpaired) electrons. The van der Waals surface area contributed by atoms with Crippen LogP contribution in [0.1, 0.15) is 36.8 Å². The lowest BCUT2D eigenvalue weighted by Gasteiger charge is -2.34. The summed E-state index contributed by atoms with van der Waals surface area (Å²) in [7, 11) is -3.93.